The molecule has 5 nitrogen and oxygen atoms in total. The van der Waals surface area contributed by atoms with Crippen LogP contribution >= 0.6 is 0 Å². The molecule has 2 rings (SSSR count). The first kappa shape index (κ1) is 13.4. The standard InChI is InChI=1S/C14H17N3O2/c1-19-14(18)8-12-10-17(6-5-16-12)13-4-2-3-11(7-13)9-15/h2-4,7,12,16H,5-6,8,10H2,1H3. The molecule has 1 aromatic carbocycles. The molecule has 1 fully saturated rings. The molecule has 0 aromatic heterocycles. The largest absolute Gasteiger partial charge is 0.469 e. The molecule has 0 amide bonds. The van der Waals surface area contributed by atoms with Crippen LogP contribution in [0.2, 0.25) is 0 Å². The van der Waals surface area contributed by atoms with Gasteiger partial charge in [0.15, 0.2) is 0 Å². The average Bonchev–Trinajstić information content (AvgIpc) is 2.47. The van der Waals surface area contributed by atoms with E-state index in [2.05, 4.69) is 21.0 Å². The number of anilines is 1. The van der Waals surface area contributed by atoms with Crippen molar-refractivity contribution in [3.8, 4) is 6.07 Å². The number of carbonyl (C=O) groups excluding carboxylic acids is 1. The van der Waals surface area contributed by atoms with Crippen LogP contribution in [0.5, 0.6) is 0 Å². The lowest BCUT2D eigenvalue weighted by Gasteiger charge is -2.35. The topological polar surface area (TPSA) is 65.4 Å². The number of benzene rings is 1. The number of esters is 1. The maximum absolute atomic E-state index is 11.3. The lowest BCUT2D eigenvalue weighted by Crippen LogP contribution is -2.51. The molecule has 5 heteroatoms. The quantitative estimate of drug-likeness (QED) is 0.817. The van der Waals surface area contributed by atoms with E-state index in [1.165, 1.54) is 7.11 Å². The zero-order chi connectivity index (χ0) is 13.7. The maximum Gasteiger partial charge on any atom is 0.307 e. The molecule has 0 bridgehead atoms. The Bertz CT molecular complexity index is 496. The van der Waals surface area contributed by atoms with Gasteiger partial charge in [0.05, 0.1) is 25.2 Å². The average molecular weight is 259 g/mol. The summed E-state index contributed by atoms with van der Waals surface area (Å²) in [5.74, 6) is -0.204. The molecule has 100 valence electrons. The maximum atomic E-state index is 11.3. The summed E-state index contributed by atoms with van der Waals surface area (Å²) < 4.78 is 4.69. The molecular weight excluding hydrogens is 242 g/mol. The number of piperazine rings is 1. The van der Waals surface area contributed by atoms with E-state index >= 15 is 0 Å². The van der Waals surface area contributed by atoms with Gasteiger partial charge in [0, 0.05) is 31.4 Å². The number of hydrogen-bond acceptors (Lipinski definition) is 5. The SMILES string of the molecule is COC(=O)CC1CN(c2cccc(C#N)c2)CCN1. The van der Waals surface area contributed by atoms with Crippen molar-refractivity contribution < 1.29 is 9.53 Å². The fourth-order valence-corrected chi connectivity index (χ4v) is 2.25. The summed E-state index contributed by atoms with van der Waals surface area (Å²) >= 11 is 0. The van der Waals surface area contributed by atoms with E-state index in [1.807, 2.05) is 18.2 Å². The molecule has 1 saturated heterocycles. The van der Waals surface area contributed by atoms with Crippen LogP contribution in [0.15, 0.2) is 24.3 Å². The van der Waals surface area contributed by atoms with Gasteiger partial charge in [0.25, 0.3) is 0 Å². The molecule has 1 atom stereocenters. The van der Waals surface area contributed by atoms with Crippen molar-refractivity contribution in [3.05, 3.63) is 29.8 Å². The summed E-state index contributed by atoms with van der Waals surface area (Å²) in [6.45, 7) is 2.43. The molecule has 1 aliphatic rings. The number of nitriles is 1. The summed E-state index contributed by atoms with van der Waals surface area (Å²) in [5.41, 5.74) is 1.68. The summed E-state index contributed by atoms with van der Waals surface area (Å²) in [4.78, 5) is 13.5. The molecular formula is C14H17N3O2. The number of methoxy groups -OCH3 is 1. The van der Waals surface area contributed by atoms with Crippen molar-refractivity contribution in [2.75, 3.05) is 31.6 Å². The highest BCUT2D eigenvalue weighted by atomic mass is 16.5. The van der Waals surface area contributed by atoms with Crippen molar-refractivity contribution in [2.24, 2.45) is 0 Å². The molecule has 19 heavy (non-hydrogen) atoms. The van der Waals surface area contributed by atoms with Crippen molar-refractivity contribution in [3.63, 3.8) is 0 Å². The Labute approximate surface area is 112 Å². The van der Waals surface area contributed by atoms with Gasteiger partial charge < -0.3 is 15.0 Å². The highest BCUT2D eigenvalue weighted by molar-refractivity contribution is 5.70. The summed E-state index contributed by atoms with van der Waals surface area (Å²) in [7, 11) is 1.40. The second-order valence-electron chi connectivity index (χ2n) is 4.54. The Kier molecular flexibility index (Phi) is 4.37. The fraction of sp³-hybridized carbons (Fsp3) is 0.429. The van der Waals surface area contributed by atoms with Crippen LogP contribution in [0, 0.1) is 11.3 Å². The Hall–Kier alpha value is -2.06. The number of carbonyl (C=O) groups is 1. The smallest absolute Gasteiger partial charge is 0.307 e. The lowest BCUT2D eigenvalue weighted by molar-refractivity contribution is -0.141. The van der Waals surface area contributed by atoms with Crippen molar-refractivity contribution in [2.45, 2.75) is 12.5 Å². The van der Waals surface area contributed by atoms with Crippen LogP contribution in [-0.2, 0) is 9.53 Å². The first-order valence-corrected chi connectivity index (χ1v) is 6.28. The highest BCUT2D eigenvalue weighted by Gasteiger charge is 2.22. The number of nitrogens with one attached hydrogen (secondary N) is 1. The van der Waals surface area contributed by atoms with E-state index in [0.717, 1.165) is 25.3 Å². The molecule has 0 aliphatic carbocycles. The van der Waals surface area contributed by atoms with Gasteiger partial charge in [-0.3, -0.25) is 4.79 Å². The predicted octanol–water partition coefficient (Wildman–Crippen LogP) is 0.900. The van der Waals surface area contributed by atoms with Crippen molar-refractivity contribution in [1.82, 2.24) is 5.32 Å². The second-order valence-corrected chi connectivity index (χ2v) is 4.54. The first-order valence-electron chi connectivity index (χ1n) is 6.28. The second kappa shape index (κ2) is 6.21. The first-order chi connectivity index (χ1) is 9.22. The monoisotopic (exact) mass is 259 g/mol. The van der Waals surface area contributed by atoms with Crippen molar-refractivity contribution in [1.29, 1.82) is 5.26 Å². The van der Waals surface area contributed by atoms with E-state index in [0.29, 0.717) is 12.0 Å². The van der Waals surface area contributed by atoms with Gasteiger partial charge in [-0.2, -0.15) is 5.26 Å². The summed E-state index contributed by atoms with van der Waals surface area (Å²) in [5, 5.41) is 12.2. The van der Waals surface area contributed by atoms with Crippen molar-refractivity contribution >= 4 is 11.7 Å². The minimum Gasteiger partial charge on any atom is -0.469 e. The third-order valence-corrected chi connectivity index (χ3v) is 3.24. The van der Waals surface area contributed by atoms with Gasteiger partial charge >= 0.3 is 5.97 Å². The van der Waals surface area contributed by atoms with E-state index in [9.17, 15) is 4.79 Å². The number of hydrogen-bond donors (Lipinski definition) is 1. The van der Waals surface area contributed by atoms with Gasteiger partial charge in [-0.25, -0.2) is 0 Å². The molecule has 1 aliphatic heterocycles. The molecule has 1 unspecified atom stereocenters. The van der Waals surface area contributed by atoms with Gasteiger partial charge in [0.1, 0.15) is 0 Å². The Morgan fingerprint density at radius 1 is 1.63 bits per heavy atom. The molecule has 1 heterocycles. The molecule has 0 radical (unpaired) electrons. The summed E-state index contributed by atoms with van der Waals surface area (Å²) in [6.07, 6.45) is 0.366. The van der Waals surface area contributed by atoms with Gasteiger partial charge in [-0.1, -0.05) is 6.07 Å². The minimum absolute atomic E-state index is 0.0898. The van der Waals surface area contributed by atoms with Crippen LogP contribution in [-0.4, -0.2) is 38.8 Å². The lowest BCUT2D eigenvalue weighted by atomic mass is 10.1. The van der Waals surface area contributed by atoms with Crippen LogP contribution in [0.3, 0.4) is 0 Å². The molecule has 1 N–H and O–H groups in total. The predicted molar refractivity (Wildman–Crippen MR) is 71.8 cm³/mol. The normalized spacial score (nSPS) is 18.7. The van der Waals surface area contributed by atoms with E-state index < -0.39 is 0 Å². The number of nitrogens with zero attached hydrogens (tertiary/aromatic N) is 2. The van der Waals surface area contributed by atoms with E-state index in [4.69, 9.17) is 5.26 Å². The minimum atomic E-state index is -0.204. The highest BCUT2D eigenvalue weighted by Crippen LogP contribution is 2.18. The van der Waals surface area contributed by atoms with Crippen LogP contribution in [0.4, 0.5) is 5.69 Å². The molecule has 0 saturated carbocycles. The summed E-state index contributed by atoms with van der Waals surface area (Å²) in [6, 6.07) is 9.76. The fourth-order valence-electron chi connectivity index (χ4n) is 2.25. The Morgan fingerprint density at radius 3 is 3.21 bits per heavy atom. The van der Waals surface area contributed by atoms with Gasteiger partial charge in [0.2, 0.25) is 0 Å². The van der Waals surface area contributed by atoms with Crippen LogP contribution in [0.1, 0.15) is 12.0 Å². The molecule has 0 spiro atoms. The van der Waals surface area contributed by atoms with Crippen LogP contribution in [0.25, 0.3) is 0 Å². The third kappa shape index (κ3) is 3.46. The number of rotatable bonds is 3. The third-order valence-electron chi connectivity index (χ3n) is 3.24. The van der Waals surface area contributed by atoms with Gasteiger partial charge in [-0.15, -0.1) is 0 Å². The zero-order valence-electron chi connectivity index (χ0n) is 10.9. The Morgan fingerprint density at radius 2 is 2.47 bits per heavy atom. The zero-order valence-corrected chi connectivity index (χ0v) is 10.9. The number of ether oxygens (including phenoxy) is 1. The molecule has 1 aromatic rings. The van der Waals surface area contributed by atoms with E-state index in [-0.39, 0.29) is 12.0 Å². The van der Waals surface area contributed by atoms with Gasteiger partial charge in [-0.05, 0) is 18.2 Å². The Balaban J connectivity index is 2.04. The van der Waals surface area contributed by atoms with Crippen LogP contribution < -0.4 is 10.2 Å². The van der Waals surface area contributed by atoms with E-state index in [1.54, 1.807) is 6.07 Å².